The summed E-state index contributed by atoms with van der Waals surface area (Å²) in [6.07, 6.45) is 0. The third kappa shape index (κ3) is 1.50. The molecule has 1 radical (unpaired) electrons. The second kappa shape index (κ2) is 3.28. The predicted molar refractivity (Wildman–Crippen MR) is 59.0 cm³/mol. The van der Waals surface area contributed by atoms with Crippen LogP contribution in [0.4, 0.5) is 16.2 Å². The highest BCUT2D eigenvalue weighted by atomic mass is 79.9. The van der Waals surface area contributed by atoms with E-state index in [0.717, 1.165) is 10.2 Å². The van der Waals surface area contributed by atoms with E-state index in [2.05, 4.69) is 40.4 Å². The van der Waals surface area contributed by atoms with Crippen LogP contribution in [0.3, 0.4) is 0 Å². The molecular formula is C10H10BrN2O. The van der Waals surface area contributed by atoms with E-state index in [-0.39, 0.29) is 6.03 Å². The average Bonchev–Trinajstić information content (AvgIpc) is 2.45. The van der Waals surface area contributed by atoms with Crippen LogP contribution in [0.1, 0.15) is 25.3 Å². The molecule has 1 aromatic rings. The molecule has 1 aromatic carbocycles. The summed E-state index contributed by atoms with van der Waals surface area (Å²) >= 11 is 3.41. The van der Waals surface area contributed by atoms with Gasteiger partial charge in [-0.25, -0.2) is 4.79 Å². The lowest BCUT2D eigenvalue weighted by atomic mass is 10.0. The minimum absolute atomic E-state index is 0.290. The van der Waals surface area contributed by atoms with Gasteiger partial charge in [0.1, 0.15) is 5.69 Å². The molecule has 0 atom stereocenters. The van der Waals surface area contributed by atoms with E-state index in [1.54, 1.807) is 0 Å². The number of urea groups is 1. The first-order chi connectivity index (χ1) is 6.58. The Morgan fingerprint density at radius 1 is 1.43 bits per heavy atom. The van der Waals surface area contributed by atoms with Crippen molar-refractivity contribution < 1.29 is 4.79 Å². The molecular weight excluding hydrogens is 244 g/mol. The van der Waals surface area contributed by atoms with Crippen LogP contribution < -0.4 is 10.6 Å². The molecule has 1 aliphatic rings. The molecule has 0 spiro atoms. The SMILES string of the molecule is CC(C)c1cc(Br)c2c(c1)NC(=O)[N]2. The maximum Gasteiger partial charge on any atom is 0.346 e. The molecule has 14 heavy (non-hydrogen) atoms. The molecule has 0 fully saturated rings. The topological polar surface area (TPSA) is 43.2 Å². The van der Waals surface area contributed by atoms with Gasteiger partial charge < -0.3 is 5.32 Å². The Kier molecular flexibility index (Phi) is 2.23. The molecule has 0 saturated carbocycles. The second-order valence-corrected chi connectivity index (χ2v) is 4.45. The lowest BCUT2D eigenvalue weighted by molar-refractivity contribution is 0.256. The zero-order valence-corrected chi connectivity index (χ0v) is 9.55. The first-order valence-electron chi connectivity index (χ1n) is 4.44. The lowest BCUT2D eigenvalue weighted by Gasteiger charge is -2.08. The van der Waals surface area contributed by atoms with Crippen molar-refractivity contribution in [3.8, 4) is 0 Å². The zero-order chi connectivity index (χ0) is 10.3. The highest BCUT2D eigenvalue weighted by Gasteiger charge is 2.22. The van der Waals surface area contributed by atoms with Crippen LogP contribution in [0.5, 0.6) is 0 Å². The number of amides is 2. The molecule has 0 aliphatic carbocycles. The summed E-state index contributed by atoms with van der Waals surface area (Å²) in [5.74, 6) is 0.439. The van der Waals surface area contributed by atoms with Gasteiger partial charge in [0.2, 0.25) is 0 Å². The largest absolute Gasteiger partial charge is 0.346 e. The number of carbonyl (C=O) groups excluding carboxylic acids is 1. The smallest absolute Gasteiger partial charge is 0.304 e. The number of hydrogen-bond donors (Lipinski definition) is 1. The van der Waals surface area contributed by atoms with Crippen molar-refractivity contribution in [1.29, 1.82) is 0 Å². The molecule has 1 aliphatic heterocycles. The van der Waals surface area contributed by atoms with Gasteiger partial charge in [0, 0.05) is 4.47 Å². The highest BCUT2D eigenvalue weighted by Crippen LogP contribution is 2.37. The van der Waals surface area contributed by atoms with Crippen molar-refractivity contribution in [1.82, 2.24) is 5.32 Å². The first kappa shape index (κ1) is 9.52. The number of nitrogens with one attached hydrogen (secondary N) is 1. The summed E-state index contributed by atoms with van der Waals surface area (Å²) in [7, 11) is 0. The van der Waals surface area contributed by atoms with Crippen LogP contribution >= 0.6 is 15.9 Å². The number of anilines is 1. The van der Waals surface area contributed by atoms with Gasteiger partial charge in [0.25, 0.3) is 0 Å². The summed E-state index contributed by atoms with van der Waals surface area (Å²) in [4.78, 5) is 11.0. The molecule has 0 unspecified atom stereocenters. The Morgan fingerprint density at radius 2 is 2.14 bits per heavy atom. The third-order valence-electron chi connectivity index (χ3n) is 2.21. The second-order valence-electron chi connectivity index (χ2n) is 3.60. The van der Waals surface area contributed by atoms with E-state index in [0.29, 0.717) is 11.6 Å². The normalized spacial score (nSPS) is 13.9. The lowest BCUT2D eigenvalue weighted by Crippen LogP contribution is -2.08. The fourth-order valence-corrected chi connectivity index (χ4v) is 1.97. The number of benzene rings is 1. The summed E-state index contributed by atoms with van der Waals surface area (Å²) in [5.41, 5.74) is 2.69. The van der Waals surface area contributed by atoms with Crippen LogP contribution in [0, 0.1) is 0 Å². The average molecular weight is 254 g/mol. The fourth-order valence-electron chi connectivity index (χ4n) is 1.41. The van der Waals surface area contributed by atoms with Gasteiger partial charge in [0.05, 0.1) is 5.69 Å². The van der Waals surface area contributed by atoms with Gasteiger partial charge in [-0.05, 0) is 39.5 Å². The quantitative estimate of drug-likeness (QED) is 0.820. The number of nitrogens with zero attached hydrogens (tertiary/aromatic N) is 1. The molecule has 2 rings (SSSR count). The van der Waals surface area contributed by atoms with Crippen molar-refractivity contribution in [2.45, 2.75) is 19.8 Å². The van der Waals surface area contributed by atoms with E-state index in [4.69, 9.17) is 0 Å². The van der Waals surface area contributed by atoms with Gasteiger partial charge in [-0.2, -0.15) is 5.32 Å². The van der Waals surface area contributed by atoms with Crippen molar-refractivity contribution >= 4 is 33.3 Å². The molecule has 0 bridgehead atoms. The van der Waals surface area contributed by atoms with E-state index >= 15 is 0 Å². The number of carbonyl (C=O) groups is 1. The van der Waals surface area contributed by atoms with Crippen LogP contribution in [0.15, 0.2) is 16.6 Å². The molecule has 2 amide bonds. The minimum Gasteiger partial charge on any atom is -0.304 e. The predicted octanol–water partition coefficient (Wildman–Crippen LogP) is 3.35. The molecule has 1 heterocycles. The Balaban J connectivity index is 2.51. The van der Waals surface area contributed by atoms with Crippen molar-refractivity contribution in [2.24, 2.45) is 0 Å². The monoisotopic (exact) mass is 253 g/mol. The fraction of sp³-hybridized carbons (Fsp3) is 0.300. The molecule has 0 aromatic heterocycles. The van der Waals surface area contributed by atoms with Crippen LogP contribution in [-0.2, 0) is 0 Å². The van der Waals surface area contributed by atoms with Crippen LogP contribution in [-0.4, -0.2) is 6.03 Å². The molecule has 1 N–H and O–H groups in total. The Morgan fingerprint density at radius 3 is 2.79 bits per heavy atom. The van der Waals surface area contributed by atoms with Gasteiger partial charge in [-0.3, -0.25) is 0 Å². The Hall–Kier alpha value is -1.03. The summed E-state index contributed by atoms with van der Waals surface area (Å²) in [6.45, 7) is 4.23. The maximum absolute atomic E-state index is 11.0. The number of rotatable bonds is 1. The number of fused-ring (bicyclic) bond motifs is 1. The minimum atomic E-state index is -0.290. The van der Waals surface area contributed by atoms with E-state index in [9.17, 15) is 4.79 Å². The summed E-state index contributed by atoms with van der Waals surface area (Å²) in [6, 6.07) is 3.69. The van der Waals surface area contributed by atoms with E-state index < -0.39 is 0 Å². The first-order valence-corrected chi connectivity index (χ1v) is 5.23. The molecule has 3 nitrogen and oxygen atoms in total. The Labute approximate surface area is 91.0 Å². The molecule has 0 saturated heterocycles. The summed E-state index contributed by atoms with van der Waals surface area (Å²) in [5, 5.41) is 6.55. The van der Waals surface area contributed by atoms with Crippen LogP contribution in [0.25, 0.3) is 0 Å². The van der Waals surface area contributed by atoms with Gasteiger partial charge in [-0.15, -0.1) is 0 Å². The van der Waals surface area contributed by atoms with E-state index in [1.807, 2.05) is 12.1 Å². The third-order valence-corrected chi connectivity index (χ3v) is 2.81. The number of hydrogen-bond acceptors (Lipinski definition) is 1. The van der Waals surface area contributed by atoms with Gasteiger partial charge in [-0.1, -0.05) is 13.8 Å². The number of halogens is 1. The van der Waals surface area contributed by atoms with Gasteiger partial charge >= 0.3 is 6.03 Å². The highest BCUT2D eigenvalue weighted by molar-refractivity contribution is 9.10. The molecule has 4 heteroatoms. The van der Waals surface area contributed by atoms with E-state index in [1.165, 1.54) is 5.56 Å². The molecule has 73 valence electrons. The Bertz CT molecular complexity index is 401. The van der Waals surface area contributed by atoms with Crippen LogP contribution in [0.2, 0.25) is 0 Å². The maximum atomic E-state index is 11.0. The zero-order valence-electron chi connectivity index (χ0n) is 7.97. The summed E-state index contributed by atoms with van der Waals surface area (Å²) < 4.78 is 0.872. The van der Waals surface area contributed by atoms with Gasteiger partial charge in [0.15, 0.2) is 0 Å². The van der Waals surface area contributed by atoms with Crippen molar-refractivity contribution in [3.05, 3.63) is 22.2 Å². The van der Waals surface area contributed by atoms with Crippen molar-refractivity contribution in [3.63, 3.8) is 0 Å². The standard InChI is InChI=1S/C10H10BrN2O/c1-5(2)6-3-7(11)9-8(4-6)12-10(14)13-9/h3-5H,1-2H3,(H,12,14). The van der Waals surface area contributed by atoms with Crippen molar-refractivity contribution in [2.75, 3.05) is 5.32 Å².